The summed E-state index contributed by atoms with van der Waals surface area (Å²) in [6, 6.07) is 6.14. The fourth-order valence-corrected chi connectivity index (χ4v) is 5.00. The molecule has 4 rings (SSSR count). The number of carbonyl (C=O) groups excluding carboxylic acids is 2. The van der Waals surface area contributed by atoms with E-state index >= 15 is 0 Å². The number of nitrogens with zero attached hydrogens (tertiary/aromatic N) is 6. The van der Waals surface area contributed by atoms with Crippen LogP contribution >= 0.6 is 0 Å². The van der Waals surface area contributed by atoms with Crippen LogP contribution in [0.4, 0.5) is 0 Å². The highest BCUT2D eigenvalue weighted by Gasteiger charge is 2.39. The molecule has 0 radical (unpaired) electrons. The number of aliphatic hydroxyl groups excluding tert-OH is 1. The van der Waals surface area contributed by atoms with Crippen molar-refractivity contribution in [3.8, 4) is 0 Å². The predicted octanol–water partition coefficient (Wildman–Crippen LogP) is 2.41. The van der Waals surface area contributed by atoms with Crippen molar-refractivity contribution in [1.82, 2.24) is 25.2 Å². The number of likely N-dealkylation sites (tertiary alicyclic amines) is 1. The Morgan fingerprint density at radius 1 is 1.17 bits per heavy atom. The summed E-state index contributed by atoms with van der Waals surface area (Å²) in [5, 5.41) is 29.1. The topological polar surface area (TPSA) is 125 Å². The second-order valence-corrected chi connectivity index (χ2v) is 10.0. The first-order valence-electron chi connectivity index (χ1n) is 12.6. The first-order chi connectivity index (χ1) is 17.3. The number of rotatable bonds is 8. The first-order valence-corrected chi connectivity index (χ1v) is 12.6. The van der Waals surface area contributed by atoms with Crippen molar-refractivity contribution in [2.75, 3.05) is 13.2 Å². The van der Waals surface area contributed by atoms with Gasteiger partial charge in [-0.15, -0.1) is 5.10 Å². The molecule has 10 nitrogen and oxygen atoms in total. The molecule has 1 fully saturated rings. The number of aryl methyl sites for hydroxylation is 1. The highest BCUT2D eigenvalue weighted by molar-refractivity contribution is 5.90. The number of hydrogen-bond acceptors (Lipinski definition) is 7. The third-order valence-electron chi connectivity index (χ3n) is 7.02. The average Bonchev–Trinajstić information content (AvgIpc) is 3.52. The van der Waals surface area contributed by atoms with Crippen LogP contribution in [0.3, 0.4) is 0 Å². The minimum atomic E-state index is -0.588. The molecule has 2 aliphatic heterocycles. The monoisotopic (exact) mass is 493 g/mol. The molecule has 2 amide bonds. The van der Waals surface area contributed by atoms with E-state index < -0.39 is 18.1 Å². The van der Waals surface area contributed by atoms with Crippen molar-refractivity contribution in [3.05, 3.63) is 47.3 Å². The van der Waals surface area contributed by atoms with Gasteiger partial charge < -0.3 is 15.3 Å². The van der Waals surface area contributed by atoms with E-state index in [-0.39, 0.29) is 36.2 Å². The number of benzene rings is 1. The van der Waals surface area contributed by atoms with E-state index in [0.717, 1.165) is 23.2 Å². The second kappa shape index (κ2) is 11.1. The summed E-state index contributed by atoms with van der Waals surface area (Å²) in [5.74, 6) is -0.0345. The number of hydrogen-bond donors (Lipinski definition) is 2. The van der Waals surface area contributed by atoms with Gasteiger partial charge >= 0.3 is 0 Å². The van der Waals surface area contributed by atoms with Crippen LogP contribution in [0.25, 0.3) is 0 Å². The summed E-state index contributed by atoms with van der Waals surface area (Å²) >= 11 is 0. The van der Waals surface area contributed by atoms with Crippen LogP contribution in [0, 0.1) is 18.8 Å². The van der Waals surface area contributed by atoms with Gasteiger partial charge in [0.25, 0.3) is 0 Å². The van der Waals surface area contributed by atoms with E-state index in [1.165, 1.54) is 0 Å². The molecule has 10 heteroatoms. The molecule has 2 aromatic rings. The summed E-state index contributed by atoms with van der Waals surface area (Å²) in [5.41, 5.74) is 2.64. The molecular formula is C26H35N7O3. The van der Waals surface area contributed by atoms with Crippen LogP contribution in [-0.2, 0) is 9.59 Å². The molecule has 2 N–H and O–H groups in total. The van der Waals surface area contributed by atoms with E-state index in [4.69, 9.17) is 0 Å². The molecule has 2 unspecified atom stereocenters. The Bertz CT molecular complexity index is 1120. The third kappa shape index (κ3) is 5.38. The Hall–Kier alpha value is -3.40. The van der Waals surface area contributed by atoms with Crippen molar-refractivity contribution in [3.63, 3.8) is 0 Å². The summed E-state index contributed by atoms with van der Waals surface area (Å²) in [4.78, 5) is 28.5. The lowest BCUT2D eigenvalue weighted by Gasteiger charge is -2.30. The largest absolute Gasteiger partial charge is 0.394 e. The van der Waals surface area contributed by atoms with E-state index in [9.17, 15) is 14.7 Å². The molecule has 1 aromatic carbocycles. The predicted molar refractivity (Wildman–Crippen MR) is 137 cm³/mol. The number of aromatic nitrogens is 3. The van der Waals surface area contributed by atoms with Crippen LogP contribution in [0.5, 0.6) is 0 Å². The number of nitrogens with one attached hydrogen (secondary N) is 1. The summed E-state index contributed by atoms with van der Waals surface area (Å²) in [6.07, 6.45) is 6.75. The smallest absolute Gasteiger partial charge is 0.248 e. The lowest BCUT2D eigenvalue weighted by Crippen LogP contribution is -2.50. The minimum Gasteiger partial charge on any atom is -0.394 e. The lowest BCUT2D eigenvalue weighted by atomic mass is 9.87. The van der Waals surface area contributed by atoms with Crippen LogP contribution in [0.1, 0.15) is 68.4 Å². The van der Waals surface area contributed by atoms with Crippen LogP contribution in [0.15, 0.2) is 40.7 Å². The van der Waals surface area contributed by atoms with Gasteiger partial charge in [-0.25, -0.2) is 4.68 Å². The van der Waals surface area contributed by atoms with E-state index in [0.29, 0.717) is 13.0 Å². The Morgan fingerprint density at radius 2 is 1.89 bits per heavy atom. The molecule has 192 valence electrons. The van der Waals surface area contributed by atoms with Gasteiger partial charge in [0.1, 0.15) is 12.1 Å². The van der Waals surface area contributed by atoms with Crippen LogP contribution < -0.4 is 5.32 Å². The fraction of sp³-hybridized carbons (Fsp3) is 0.538. The summed E-state index contributed by atoms with van der Waals surface area (Å²) < 4.78 is 1.59. The van der Waals surface area contributed by atoms with Crippen molar-refractivity contribution in [2.24, 2.45) is 22.0 Å². The number of carbonyl (C=O) groups is 2. The molecule has 0 saturated carbocycles. The van der Waals surface area contributed by atoms with Gasteiger partial charge in [0, 0.05) is 37.0 Å². The van der Waals surface area contributed by atoms with Gasteiger partial charge in [-0.3, -0.25) is 9.59 Å². The van der Waals surface area contributed by atoms with Crippen LogP contribution in [0.2, 0.25) is 0 Å². The van der Waals surface area contributed by atoms with Gasteiger partial charge in [-0.2, -0.15) is 10.2 Å². The Balaban J connectivity index is 1.45. The summed E-state index contributed by atoms with van der Waals surface area (Å²) in [6.45, 7) is 8.11. The van der Waals surface area contributed by atoms with Crippen molar-refractivity contribution in [2.45, 2.75) is 64.6 Å². The van der Waals surface area contributed by atoms with E-state index in [1.54, 1.807) is 15.8 Å². The van der Waals surface area contributed by atoms with Gasteiger partial charge in [0.05, 0.1) is 18.3 Å². The first kappa shape index (κ1) is 25.7. The van der Waals surface area contributed by atoms with Crippen molar-refractivity contribution in [1.29, 1.82) is 0 Å². The SMILES string of the molecule is Cc1cn([C@H](C(=O)N2CCC[C@H]2C(=O)N[C@@H](CO)c2ccc(C3C=NN=CC3C)cc2)C(C)C)nn1. The van der Waals surface area contributed by atoms with E-state index in [1.807, 2.05) is 57.5 Å². The Labute approximate surface area is 211 Å². The van der Waals surface area contributed by atoms with Crippen molar-refractivity contribution < 1.29 is 14.7 Å². The molecule has 0 aliphatic carbocycles. The fourth-order valence-electron chi connectivity index (χ4n) is 5.00. The van der Waals surface area contributed by atoms with Gasteiger partial charge in [0.2, 0.25) is 11.8 Å². The third-order valence-corrected chi connectivity index (χ3v) is 7.02. The molecule has 3 heterocycles. The molecule has 36 heavy (non-hydrogen) atoms. The van der Waals surface area contributed by atoms with E-state index in [2.05, 4.69) is 32.8 Å². The molecule has 5 atom stereocenters. The average molecular weight is 494 g/mol. The molecule has 0 spiro atoms. The van der Waals surface area contributed by atoms with Crippen LogP contribution in [-0.4, -0.2) is 68.4 Å². The lowest BCUT2D eigenvalue weighted by molar-refractivity contribution is -0.142. The highest BCUT2D eigenvalue weighted by Crippen LogP contribution is 2.28. The maximum absolute atomic E-state index is 13.5. The summed E-state index contributed by atoms with van der Waals surface area (Å²) in [7, 11) is 0. The Kier molecular flexibility index (Phi) is 7.93. The zero-order valence-electron chi connectivity index (χ0n) is 21.3. The molecule has 2 aliphatic rings. The Morgan fingerprint density at radius 3 is 2.50 bits per heavy atom. The minimum absolute atomic E-state index is 0.0187. The second-order valence-electron chi connectivity index (χ2n) is 10.0. The number of amides is 2. The molecular weight excluding hydrogens is 458 g/mol. The van der Waals surface area contributed by atoms with Gasteiger partial charge in [-0.05, 0) is 36.8 Å². The molecule has 1 aromatic heterocycles. The zero-order valence-corrected chi connectivity index (χ0v) is 21.3. The highest BCUT2D eigenvalue weighted by atomic mass is 16.3. The standard InChI is InChI=1S/C26H35N7O3/c1-16(2)24(33-14-18(4)30-31-33)26(36)32-11-5-6-23(32)25(35)29-22(15-34)20-9-7-19(8-10-20)21-13-28-27-12-17(21)3/h7-10,12-14,16-17,21-24,34H,5-6,11,15H2,1-4H3,(H,29,35)/t17?,21?,22-,23-,24-/m0/s1. The zero-order chi connectivity index (χ0) is 25.8. The molecule has 0 bridgehead atoms. The maximum atomic E-state index is 13.5. The van der Waals surface area contributed by atoms with Gasteiger partial charge in [-0.1, -0.05) is 50.3 Å². The molecule has 1 saturated heterocycles. The maximum Gasteiger partial charge on any atom is 0.248 e. The van der Waals surface area contributed by atoms with Crippen molar-refractivity contribution >= 4 is 24.2 Å². The number of aliphatic hydroxyl groups is 1. The normalized spacial score (nSPS) is 23.2. The van der Waals surface area contributed by atoms with Gasteiger partial charge in [0.15, 0.2) is 0 Å². The quantitative estimate of drug-likeness (QED) is 0.584.